The summed E-state index contributed by atoms with van der Waals surface area (Å²) < 4.78 is 2.57. The minimum Gasteiger partial charge on any atom is -0.305 e. The van der Waals surface area contributed by atoms with Crippen LogP contribution in [-0.2, 0) is 20.1 Å². The van der Waals surface area contributed by atoms with Crippen LogP contribution in [0.25, 0.3) is 86.1 Å². The number of benzene rings is 7. The summed E-state index contributed by atoms with van der Waals surface area (Å²) in [5.41, 5.74) is 6.55. The standard InChI is InChI=1S/C35H20NS.C11H8N.Ir/c1-2-7-22(8-3-1)26-11-6-12-31-32-21-24(14-18-33(32)37-35(26)31)34-30-17-16-27-25-10-5-4-9-23(25)13-15-28(27)29(30)19-20-36-34;1-2-6-10(7-3-1)11-8-4-5-9-12-11;/h1-13,15-21H;1-6,8-9H;/q2*-1;. The van der Waals surface area contributed by atoms with Crippen molar-refractivity contribution < 1.29 is 20.1 Å². The van der Waals surface area contributed by atoms with Gasteiger partial charge in [-0.15, -0.1) is 59.7 Å². The van der Waals surface area contributed by atoms with Crippen molar-refractivity contribution in [3.8, 4) is 33.6 Å². The second-order valence-corrected chi connectivity index (χ2v) is 13.0. The molecule has 50 heavy (non-hydrogen) atoms. The van der Waals surface area contributed by atoms with E-state index in [-0.39, 0.29) is 20.1 Å². The van der Waals surface area contributed by atoms with Gasteiger partial charge in [-0.2, -0.15) is 11.3 Å². The van der Waals surface area contributed by atoms with Gasteiger partial charge in [-0.05, 0) is 77.1 Å². The number of nitrogens with zero attached hydrogens (tertiary/aromatic N) is 2. The Balaban J connectivity index is 0.000000236. The van der Waals surface area contributed by atoms with E-state index in [1.165, 1.54) is 58.2 Å². The second-order valence-electron chi connectivity index (χ2n) is 12.0. The Morgan fingerprint density at radius 3 is 2.10 bits per heavy atom. The molecule has 0 saturated carbocycles. The Morgan fingerprint density at radius 2 is 1.24 bits per heavy atom. The maximum atomic E-state index is 4.85. The third-order valence-corrected chi connectivity index (χ3v) is 10.3. The van der Waals surface area contributed by atoms with Crippen molar-refractivity contribution in [3.63, 3.8) is 0 Å². The van der Waals surface area contributed by atoms with Crippen molar-refractivity contribution in [1.29, 1.82) is 0 Å². The van der Waals surface area contributed by atoms with Crippen LogP contribution in [0.1, 0.15) is 0 Å². The van der Waals surface area contributed by atoms with Gasteiger partial charge < -0.3 is 9.97 Å². The molecule has 0 saturated heterocycles. The van der Waals surface area contributed by atoms with Crippen molar-refractivity contribution in [1.82, 2.24) is 9.97 Å². The molecule has 10 aromatic rings. The molecule has 0 unspecified atom stereocenters. The van der Waals surface area contributed by atoms with Gasteiger partial charge in [0.2, 0.25) is 0 Å². The zero-order valence-electron chi connectivity index (χ0n) is 26.8. The molecule has 0 atom stereocenters. The first-order valence-corrected chi connectivity index (χ1v) is 17.1. The smallest absolute Gasteiger partial charge is 0.0318 e. The fraction of sp³-hybridized carbons (Fsp3) is 0. The Morgan fingerprint density at radius 1 is 0.480 bits per heavy atom. The minimum atomic E-state index is 0. The van der Waals surface area contributed by atoms with E-state index in [0.717, 1.165) is 27.9 Å². The van der Waals surface area contributed by atoms with E-state index in [9.17, 15) is 0 Å². The van der Waals surface area contributed by atoms with Crippen LogP contribution in [0.3, 0.4) is 0 Å². The molecule has 0 amide bonds. The van der Waals surface area contributed by atoms with E-state index < -0.39 is 0 Å². The maximum absolute atomic E-state index is 4.85. The summed E-state index contributed by atoms with van der Waals surface area (Å²) in [6, 6.07) is 61.7. The van der Waals surface area contributed by atoms with Gasteiger partial charge in [0.25, 0.3) is 0 Å². The number of rotatable bonds is 3. The Kier molecular flexibility index (Phi) is 8.75. The fourth-order valence-corrected chi connectivity index (χ4v) is 7.97. The normalized spacial score (nSPS) is 11.0. The van der Waals surface area contributed by atoms with Gasteiger partial charge in [0, 0.05) is 37.2 Å². The van der Waals surface area contributed by atoms with Gasteiger partial charge in [-0.25, -0.2) is 0 Å². The van der Waals surface area contributed by atoms with Gasteiger partial charge in [-0.3, -0.25) is 0 Å². The van der Waals surface area contributed by atoms with Crippen LogP contribution >= 0.6 is 11.3 Å². The Bertz CT molecular complexity index is 2720. The number of thiophene rings is 1. The van der Waals surface area contributed by atoms with Crippen molar-refractivity contribution in [2.75, 3.05) is 0 Å². The van der Waals surface area contributed by atoms with E-state index in [4.69, 9.17) is 4.98 Å². The van der Waals surface area contributed by atoms with Crippen molar-refractivity contribution >= 4 is 63.8 Å². The molecule has 0 N–H and O–H groups in total. The monoisotopic (exact) mass is 833 g/mol. The molecule has 10 rings (SSSR count). The summed E-state index contributed by atoms with van der Waals surface area (Å²) in [5.74, 6) is 0. The maximum Gasteiger partial charge on any atom is 0.0318 e. The quantitative estimate of drug-likeness (QED) is 0.131. The SMILES string of the molecule is [Ir].[c-]1cc2sc3c(-c4ccccc4)cccc3c2cc1-c1nccc2c1ccc1c3ccccc3ccc21.[c-]1ccccc1-c1ccccn1. The van der Waals surface area contributed by atoms with Gasteiger partial charge >= 0.3 is 0 Å². The van der Waals surface area contributed by atoms with Crippen LogP contribution in [0.2, 0.25) is 0 Å². The number of pyridine rings is 2. The Labute approximate surface area is 308 Å². The van der Waals surface area contributed by atoms with Crippen LogP contribution in [0.4, 0.5) is 0 Å². The predicted octanol–water partition coefficient (Wildman–Crippen LogP) is 12.6. The van der Waals surface area contributed by atoms with E-state index in [1.807, 2.05) is 60.0 Å². The average molecular weight is 833 g/mol. The first-order chi connectivity index (χ1) is 24.3. The molecular weight excluding hydrogens is 805 g/mol. The molecule has 1 radical (unpaired) electrons. The van der Waals surface area contributed by atoms with Crippen LogP contribution in [0, 0.1) is 12.1 Å². The molecule has 0 aliphatic carbocycles. The zero-order valence-corrected chi connectivity index (χ0v) is 30.0. The second kappa shape index (κ2) is 13.8. The number of fused-ring (bicyclic) bond motifs is 8. The number of hydrogen-bond acceptors (Lipinski definition) is 3. The van der Waals surface area contributed by atoms with Crippen LogP contribution in [-0.4, -0.2) is 9.97 Å². The first-order valence-electron chi connectivity index (χ1n) is 16.3. The van der Waals surface area contributed by atoms with E-state index in [1.54, 1.807) is 6.20 Å². The van der Waals surface area contributed by atoms with Crippen molar-refractivity contribution in [3.05, 3.63) is 182 Å². The molecular formula is C46H28IrN2S-2. The summed E-state index contributed by atoms with van der Waals surface area (Å²) >= 11 is 1.84. The van der Waals surface area contributed by atoms with Gasteiger partial charge in [0.1, 0.15) is 0 Å². The third-order valence-electron chi connectivity index (χ3n) is 9.09. The van der Waals surface area contributed by atoms with E-state index in [2.05, 4.69) is 132 Å². The molecule has 239 valence electrons. The fourth-order valence-electron chi connectivity index (χ4n) is 6.77. The largest absolute Gasteiger partial charge is 0.305 e. The summed E-state index contributed by atoms with van der Waals surface area (Å²) in [5, 5.41) is 10.0. The van der Waals surface area contributed by atoms with Gasteiger partial charge in [-0.1, -0.05) is 115 Å². The van der Waals surface area contributed by atoms with E-state index in [0.29, 0.717) is 0 Å². The summed E-state index contributed by atoms with van der Waals surface area (Å²) in [4.78, 5) is 9.07. The molecule has 7 aromatic carbocycles. The molecule has 3 aromatic heterocycles. The van der Waals surface area contributed by atoms with Crippen LogP contribution < -0.4 is 0 Å². The number of hydrogen-bond donors (Lipinski definition) is 0. The zero-order chi connectivity index (χ0) is 32.6. The summed E-state index contributed by atoms with van der Waals surface area (Å²) in [6.07, 6.45) is 3.72. The average Bonchev–Trinajstić information content (AvgIpc) is 3.57. The first kappa shape index (κ1) is 31.7. The van der Waals surface area contributed by atoms with Crippen molar-refractivity contribution in [2.45, 2.75) is 0 Å². The molecule has 2 nitrogen and oxygen atoms in total. The summed E-state index contributed by atoms with van der Waals surface area (Å²) in [6.45, 7) is 0. The van der Waals surface area contributed by atoms with Gasteiger partial charge in [0.05, 0.1) is 0 Å². The van der Waals surface area contributed by atoms with E-state index >= 15 is 0 Å². The minimum absolute atomic E-state index is 0. The molecule has 0 bridgehead atoms. The Hall–Kier alpha value is -5.51. The molecule has 0 aliphatic heterocycles. The number of aromatic nitrogens is 2. The predicted molar refractivity (Wildman–Crippen MR) is 208 cm³/mol. The summed E-state index contributed by atoms with van der Waals surface area (Å²) in [7, 11) is 0. The molecule has 3 heterocycles. The third kappa shape index (κ3) is 5.78. The van der Waals surface area contributed by atoms with Crippen molar-refractivity contribution in [2.24, 2.45) is 0 Å². The van der Waals surface area contributed by atoms with Gasteiger partial charge in [0.15, 0.2) is 0 Å². The van der Waals surface area contributed by atoms with Crippen LogP contribution in [0.15, 0.2) is 170 Å². The van der Waals surface area contributed by atoms with Crippen LogP contribution in [0.5, 0.6) is 0 Å². The molecule has 0 aliphatic rings. The molecule has 0 spiro atoms. The molecule has 0 fully saturated rings. The molecule has 4 heteroatoms. The topological polar surface area (TPSA) is 25.8 Å².